The zero-order chi connectivity index (χ0) is 35.1. The summed E-state index contributed by atoms with van der Waals surface area (Å²) in [5.41, 5.74) is 2.80. The third kappa shape index (κ3) is 9.69. The average molecular weight is 767 g/mol. The Hall–Kier alpha value is -3.65. The number of carbonyl (C=O) groups excluding carboxylic acids is 2. The van der Waals surface area contributed by atoms with Crippen molar-refractivity contribution in [1.82, 2.24) is 9.91 Å². The second-order valence-electron chi connectivity index (χ2n) is 12.2. The van der Waals surface area contributed by atoms with Crippen LogP contribution in [0.5, 0.6) is 0 Å². The van der Waals surface area contributed by atoms with Gasteiger partial charge in [0.05, 0.1) is 17.8 Å². The lowest BCUT2D eigenvalue weighted by Crippen LogP contribution is -2.38. The Labute approximate surface area is 289 Å². The van der Waals surface area contributed by atoms with Crippen LogP contribution >= 0.6 is 23.0 Å². The number of nitrogens with zero attached hydrogens (tertiary/aromatic N) is 4. The number of hydrazone groups is 1. The molecule has 0 spiro atoms. The van der Waals surface area contributed by atoms with E-state index in [9.17, 15) is 22.8 Å². The first kappa shape index (κ1) is 37.8. The lowest BCUT2D eigenvalue weighted by molar-refractivity contribution is 0.0397. The normalized spacial score (nSPS) is 17.5. The molecule has 2 atom stereocenters. The van der Waals surface area contributed by atoms with E-state index in [1.165, 1.54) is 29.9 Å². The van der Waals surface area contributed by atoms with Crippen LogP contribution < -0.4 is 4.90 Å². The van der Waals surface area contributed by atoms with Crippen molar-refractivity contribution in [1.29, 1.82) is 0 Å². The smallest absolute Gasteiger partial charge is 0.415 e. The van der Waals surface area contributed by atoms with Gasteiger partial charge in [-0.1, -0.05) is 26.0 Å². The fraction of sp³-hybridized carbons (Fsp3) is 0.400. The number of anilines is 1. The summed E-state index contributed by atoms with van der Waals surface area (Å²) in [5.74, 6) is -4.65. The number of amides is 1. The number of rotatable bonds is 15. The molecule has 47 heavy (non-hydrogen) atoms. The van der Waals surface area contributed by atoms with Crippen molar-refractivity contribution in [3.05, 3.63) is 101 Å². The van der Waals surface area contributed by atoms with Gasteiger partial charge in [0.15, 0.2) is 40.5 Å². The summed E-state index contributed by atoms with van der Waals surface area (Å²) in [5, 5.41) is 6.12. The maximum atomic E-state index is 14.6. The van der Waals surface area contributed by atoms with E-state index in [0.29, 0.717) is 55.8 Å². The van der Waals surface area contributed by atoms with Crippen molar-refractivity contribution in [2.45, 2.75) is 59.5 Å². The van der Waals surface area contributed by atoms with Gasteiger partial charge < -0.3 is 12.7 Å². The largest absolute Gasteiger partial charge is 0.441 e. The van der Waals surface area contributed by atoms with Crippen LogP contribution in [0.3, 0.4) is 0 Å². The first-order chi connectivity index (χ1) is 22.1. The third-order valence-electron chi connectivity index (χ3n) is 8.11. The number of likely N-dealkylation sites (N-methyl/N-ethyl adjacent to an activating group) is 1. The van der Waals surface area contributed by atoms with Crippen LogP contribution in [-0.4, -0.2) is 60.0 Å². The van der Waals surface area contributed by atoms with Gasteiger partial charge in [-0.2, -0.15) is 5.10 Å². The molecule has 1 saturated heterocycles. The molecular weight excluding hydrogens is 724 g/mol. The Morgan fingerprint density at radius 3 is 2.40 bits per heavy atom. The van der Waals surface area contributed by atoms with Gasteiger partial charge >= 0.3 is 12.1 Å². The number of hydrogen-bond donors (Lipinski definition) is 0. The summed E-state index contributed by atoms with van der Waals surface area (Å²) in [7, 11) is 1.95. The molecule has 0 radical (unpaired) electrons. The fourth-order valence-electron chi connectivity index (χ4n) is 5.35. The van der Waals surface area contributed by atoms with Gasteiger partial charge in [-0.3, -0.25) is 4.90 Å². The van der Waals surface area contributed by atoms with Crippen molar-refractivity contribution in [2.75, 3.05) is 31.6 Å². The quantitative estimate of drug-likeness (QED) is 0.0594. The highest BCUT2D eigenvalue weighted by atomic mass is 127. The molecule has 1 amide bonds. The van der Waals surface area contributed by atoms with Crippen LogP contribution in [0, 0.1) is 23.4 Å². The molecule has 2 aromatic carbocycles. The lowest BCUT2D eigenvalue weighted by Gasteiger charge is -2.29. The average Bonchev–Trinajstić information content (AvgIpc) is 3.37. The zero-order valence-corrected chi connectivity index (χ0v) is 29.9. The number of allylic oxidation sites excluding steroid dienone is 2. The van der Waals surface area contributed by atoms with Crippen LogP contribution in [-0.2, 0) is 7.80 Å². The lowest BCUT2D eigenvalue weighted by atomic mass is 9.96. The van der Waals surface area contributed by atoms with Gasteiger partial charge in [-0.05, 0) is 82.6 Å². The second kappa shape index (κ2) is 16.4. The van der Waals surface area contributed by atoms with Crippen molar-refractivity contribution in [3.63, 3.8) is 0 Å². The van der Waals surface area contributed by atoms with E-state index in [0.717, 1.165) is 23.3 Å². The van der Waals surface area contributed by atoms with Crippen LogP contribution in [0.2, 0.25) is 0 Å². The Balaban J connectivity index is 1.75. The third-order valence-corrected chi connectivity index (χ3v) is 8.51. The van der Waals surface area contributed by atoms with Gasteiger partial charge in [0, 0.05) is 48.6 Å². The van der Waals surface area contributed by atoms with Gasteiger partial charge in [0.25, 0.3) is 0 Å². The maximum Gasteiger partial charge on any atom is 0.415 e. The molecule has 0 aliphatic carbocycles. The summed E-state index contributed by atoms with van der Waals surface area (Å²) in [4.78, 5) is 28.3. The molecule has 8 nitrogen and oxygen atoms in total. The molecule has 1 aliphatic heterocycles. The number of ether oxygens (including phenoxy) is 1. The topological polar surface area (TPSA) is 74.7 Å². The Bertz CT molecular complexity index is 1560. The van der Waals surface area contributed by atoms with E-state index < -0.39 is 35.1 Å². The molecule has 12 heteroatoms. The van der Waals surface area contributed by atoms with E-state index in [1.54, 1.807) is 40.4 Å². The molecule has 1 heterocycles. The Kier molecular flexibility index (Phi) is 13.2. The predicted octanol–water partition coefficient (Wildman–Crippen LogP) is 8.78. The molecule has 2 aromatic rings. The molecule has 1 fully saturated rings. The minimum Gasteiger partial charge on any atom is -0.441 e. The monoisotopic (exact) mass is 766 g/mol. The summed E-state index contributed by atoms with van der Waals surface area (Å²) >= 11 is 1.53. The van der Waals surface area contributed by atoms with Crippen molar-refractivity contribution in [3.8, 4) is 0 Å². The SMILES string of the molecule is C=C(C)CC(C)C(=C)N(/C=C(\C)CN(C)CCC1(CC)CN(c2ccc(C(=O)OI)cc2)C(=O)O1)/N=C(\C)c1ccc(F)c(F)c1F. The van der Waals surface area contributed by atoms with Gasteiger partial charge in [0.1, 0.15) is 5.60 Å². The number of hydrogen-bond acceptors (Lipinski definition) is 7. The summed E-state index contributed by atoms with van der Waals surface area (Å²) < 4.78 is 52.8. The molecule has 0 aromatic heterocycles. The summed E-state index contributed by atoms with van der Waals surface area (Å²) in [6.07, 6.45) is 3.19. The fourth-order valence-corrected chi connectivity index (χ4v) is 5.60. The molecular formula is C35H42F3IN4O4. The van der Waals surface area contributed by atoms with Crippen LogP contribution in [0.15, 0.2) is 77.7 Å². The van der Waals surface area contributed by atoms with E-state index in [1.807, 2.05) is 34.7 Å². The zero-order valence-electron chi connectivity index (χ0n) is 27.7. The highest BCUT2D eigenvalue weighted by Gasteiger charge is 2.44. The highest BCUT2D eigenvalue weighted by molar-refractivity contribution is 14.1. The summed E-state index contributed by atoms with van der Waals surface area (Å²) in [6, 6.07) is 8.63. The second-order valence-corrected chi connectivity index (χ2v) is 12.6. The first-order valence-electron chi connectivity index (χ1n) is 15.2. The predicted molar refractivity (Wildman–Crippen MR) is 187 cm³/mol. The molecule has 254 valence electrons. The number of cyclic esters (lactones) is 1. The van der Waals surface area contributed by atoms with E-state index in [2.05, 4.69) is 23.2 Å². The summed E-state index contributed by atoms with van der Waals surface area (Å²) in [6.45, 7) is 19.0. The number of halogens is 4. The van der Waals surface area contributed by atoms with Crippen molar-refractivity contribution in [2.24, 2.45) is 11.0 Å². The van der Waals surface area contributed by atoms with Gasteiger partial charge in [-0.25, -0.2) is 27.8 Å². The molecule has 1 aliphatic rings. The van der Waals surface area contributed by atoms with E-state index in [-0.39, 0.29) is 17.2 Å². The Morgan fingerprint density at radius 1 is 1.15 bits per heavy atom. The van der Waals surface area contributed by atoms with Crippen LogP contribution in [0.1, 0.15) is 69.8 Å². The van der Waals surface area contributed by atoms with Crippen molar-refractivity contribution >= 4 is 46.5 Å². The van der Waals surface area contributed by atoms with Crippen LogP contribution in [0.4, 0.5) is 23.7 Å². The molecule has 0 bridgehead atoms. The van der Waals surface area contributed by atoms with Crippen molar-refractivity contribution < 1.29 is 30.6 Å². The van der Waals surface area contributed by atoms with E-state index in [4.69, 9.17) is 7.80 Å². The highest BCUT2D eigenvalue weighted by Crippen LogP contribution is 2.33. The number of benzene rings is 2. The Morgan fingerprint density at radius 2 is 1.81 bits per heavy atom. The molecule has 0 N–H and O–H groups in total. The molecule has 0 saturated carbocycles. The van der Waals surface area contributed by atoms with Gasteiger partial charge in [-0.15, -0.1) is 6.58 Å². The first-order valence-corrected chi connectivity index (χ1v) is 16.1. The molecule has 3 rings (SSSR count). The standard InChI is InChI=1S/C35H42F3IN4O4/c1-9-35(21-42(34(45)46-35)28-12-10-27(11-13-28)33(44)47-39)16-17-41(8)19-23(4)20-43(26(7)24(5)18-22(2)3)40-25(6)29-14-15-30(36)32(38)31(29)37/h10-15,20,24H,2,7,9,16-19,21H2,1,3-6,8H3/b23-20+,40-25+. The van der Waals surface area contributed by atoms with Crippen LogP contribution in [0.25, 0.3) is 0 Å². The maximum absolute atomic E-state index is 14.6. The van der Waals surface area contributed by atoms with Gasteiger partial charge in [0.2, 0.25) is 0 Å². The molecule has 2 unspecified atom stereocenters. The number of carbonyl (C=O) groups is 2. The minimum absolute atomic E-state index is 0.0543. The van der Waals surface area contributed by atoms with E-state index >= 15 is 0 Å². The minimum atomic E-state index is -1.55.